The third kappa shape index (κ3) is 4.71. The van der Waals surface area contributed by atoms with Crippen molar-refractivity contribution >= 4 is 0 Å². The number of rotatable bonds is 8. The van der Waals surface area contributed by atoms with E-state index in [0.717, 1.165) is 32.2 Å². The van der Waals surface area contributed by atoms with Gasteiger partial charge in [-0.1, -0.05) is 13.0 Å². The molecule has 0 bridgehead atoms. The van der Waals surface area contributed by atoms with E-state index in [4.69, 9.17) is 4.74 Å². The number of nitrogens with one attached hydrogen (secondary N) is 1. The summed E-state index contributed by atoms with van der Waals surface area (Å²) in [7, 11) is 0. The van der Waals surface area contributed by atoms with Crippen molar-refractivity contribution in [2.45, 2.75) is 51.0 Å². The summed E-state index contributed by atoms with van der Waals surface area (Å²) >= 11 is 0. The largest absolute Gasteiger partial charge is 0.375 e. The summed E-state index contributed by atoms with van der Waals surface area (Å²) in [4.78, 5) is 4.56. The normalized spacial score (nSPS) is 19.5. The van der Waals surface area contributed by atoms with Crippen LogP contribution in [0.15, 0.2) is 18.3 Å². The number of aromatic nitrogens is 1. The predicted octanol–water partition coefficient (Wildman–Crippen LogP) is 3.15. The van der Waals surface area contributed by atoms with E-state index in [2.05, 4.69) is 23.3 Å². The Morgan fingerprint density at radius 2 is 2.33 bits per heavy atom. The highest BCUT2D eigenvalue weighted by molar-refractivity contribution is 5.27. The predicted molar refractivity (Wildman–Crippen MR) is 78.8 cm³/mol. The highest BCUT2D eigenvalue weighted by atomic mass is 19.3. The Balaban J connectivity index is 1.98. The number of aryl methyl sites for hydroxylation is 1. The van der Waals surface area contributed by atoms with Gasteiger partial charge in [0.15, 0.2) is 0 Å². The van der Waals surface area contributed by atoms with Crippen molar-refractivity contribution in [2.24, 2.45) is 0 Å². The number of likely N-dealkylation sites (N-methyl/N-ethyl adjacent to an activating group) is 1. The first-order valence-corrected chi connectivity index (χ1v) is 7.75. The number of pyridine rings is 1. The van der Waals surface area contributed by atoms with Crippen molar-refractivity contribution in [1.29, 1.82) is 0 Å². The van der Waals surface area contributed by atoms with Crippen LogP contribution in [-0.2, 0) is 11.2 Å². The Morgan fingerprint density at radius 1 is 1.48 bits per heavy atom. The Kier molecular flexibility index (Phi) is 6.51. The highest BCUT2D eigenvalue weighted by Gasteiger charge is 2.28. The Morgan fingerprint density at radius 3 is 3.10 bits per heavy atom. The maximum Gasteiger partial charge on any atom is 0.261 e. The number of halogens is 2. The van der Waals surface area contributed by atoms with Gasteiger partial charge in [0.25, 0.3) is 6.43 Å². The standard InChI is InChI=1S/C16H24F2N2O/c1-2-19-14(8-10-21-11-15(17)18)13-7-3-5-12-6-4-9-20-16(12)13/h4,6,9,13-15,19H,2-3,5,7-8,10-11H2,1H3. The lowest BCUT2D eigenvalue weighted by atomic mass is 9.81. The topological polar surface area (TPSA) is 34.1 Å². The molecule has 0 saturated heterocycles. The zero-order chi connectivity index (χ0) is 15.1. The van der Waals surface area contributed by atoms with Crippen LogP contribution in [0.1, 0.15) is 43.4 Å². The molecule has 3 nitrogen and oxygen atoms in total. The number of ether oxygens (including phenoxy) is 1. The SMILES string of the molecule is CCNC(CCOCC(F)F)C1CCCc2cccnc21. The van der Waals surface area contributed by atoms with Crippen LogP contribution in [0.4, 0.5) is 8.78 Å². The Bertz CT molecular complexity index is 428. The average molecular weight is 298 g/mol. The van der Waals surface area contributed by atoms with E-state index in [-0.39, 0.29) is 6.04 Å². The van der Waals surface area contributed by atoms with Gasteiger partial charge < -0.3 is 10.1 Å². The van der Waals surface area contributed by atoms with E-state index in [0.29, 0.717) is 12.5 Å². The molecule has 1 aliphatic rings. The van der Waals surface area contributed by atoms with E-state index in [1.54, 1.807) is 0 Å². The van der Waals surface area contributed by atoms with E-state index >= 15 is 0 Å². The lowest BCUT2D eigenvalue weighted by Gasteiger charge is -2.32. The van der Waals surface area contributed by atoms with E-state index in [9.17, 15) is 8.78 Å². The van der Waals surface area contributed by atoms with Gasteiger partial charge in [0, 0.05) is 30.5 Å². The van der Waals surface area contributed by atoms with Crippen LogP contribution in [0.3, 0.4) is 0 Å². The van der Waals surface area contributed by atoms with Crippen LogP contribution in [0.25, 0.3) is 0 Å². The minimum absolute atomic E-state index is 0.238. The molecule has 0 aliphatic heterocycles. The monoisotopic (exact) mass is 298 g/mol. The molecule has 2 unspecified atom stereocenters. The van der Waals surface area contributed by atoms with Crippen LogP contribution < -0.4 is 5.32 Å². The molecule has 1 heterocycles. The molecular formula is C16H24F2N2O. The maximum atomic E-state index is 12.1. The van der Waals surface area contributed by atoms with Gasteiger partial charge in [-0.25, -0.2) is 8.78 Å². The summed E-state index contributed by atoms with van der Waals surface area (Å²) in [6.07, 6.45) is 3.52. The summed E-state index contributed by atoms with van der Waals surface area (Å²) in [6, 6.07) is 4.36. The molecule has 5 heteroatoms. The highest BCUT2D eigenvalue weighted by Crippen LogP contribution is 2.33. The molecule has 1 aromatic rings. The van der Waals surface area contributed by atoms with Crippen molar-refractivity contribution in [1.82, 2.24) is 10.3 Å². The first-order chi connectivity index (χ1) is 10.2. The smallest absolute Gasteiger partial charge is 0.261 e. The molecule has 2 atom stereocenters. The molecule has 0 radical (unpaired) electrons. The summed E-state index contributed by atoms with van der Waals surface area (Å²) in [6.45, 7) is 2.81. The van der Waals surface area contributed by atoms with Gasteiger partial charge in [-0.3, -0.25) is 4.98 Å². The third-order valence-corrected chi connectivity index (χ3v) is 4.01. The number of hydrogen-bond acceptors (Lipinski definition) is 3. The lowest BCUT2D eigenvalue weighted by molar-refractivity contribution is 0.0135. The molecule has 1 aliphatic carbocycles. The molecular weight excluding hydrogens is 274 g/mol. The quantitative estimate of drug-likeness (QED) is 0.749. The number of fused-ring (bicyclic) bond motifs is 1. The average Bonchev–Trinajstić information content (AvgIpc) is 2.49. The molecule has 2 rings (SSSR count). The lowest BCUT2D eigenvalue weighted by Crippen LogP contribution is -2.38. The van der Waals surface area contributed by atoms with Crippen LogP contribution in [0.5, 0.6) is 0 Å². The van der Waals surface area contributed by atoms with Crippen LogP contribution in [0, 0.1) is 0 Å². The first kappa shape index (κ1) is 16.3. The number of nitrogens with zero attached hydrogens (tertiary/aromatic N) is 1. The Labute approximate surface area is 125 Å². The van der Waals surface area contributed by atoms with Gasteiger partial charge in [-0.2, -0.15) is 0 Å². The number of alkyl halides is 2. The van der Waals surface area contributed by atoms with Gasteiger partial charge in [-0.15, -0.1) is 0 Å². The van der Waals surface area contributed by atoms with Crippen LogP contribution >= 0.6 is 0 Å². The molecule has 1 N–H and O–H groups in total. The molecule has 0 saturated carbocycles. The van der Waals surface area contributed by atoms with Crippen molar-refractivity contribution in [3.8, 4) is 0 Å². The minimum Gasteiger partial charge on any atom is -0.375 e. The summed E-state index contributed by atoms with van der Waals surface area (Å²) in [5, 5.41) is 3.47. The summed E-state index contributed by atoms with van der Waals surface area (Å²) in [5.41, 5.74) is 2.49. The molecule has 1 aromatic heterocycles. The van der Waals surface area contributed by atoms with Gasteiger partial charge in [0.2, 0.25) is 0 Å². The molecule has 0 fully saturated rings. The second-order valence-corrected chi connectivity index (χ2v) is 5.47. The van der Waals surface area contributed by atoms with Gasteiger partial charge >= 0.3 is 0 Å². The van der Waals surface area contributed by atoms with Gasteiger partial charge in [0.05, 0.1) is 0 Å². The number of hydrogen-bond donors (Lipinski definition) is 1. The first-order valence-electron chi connectivity index (χ1n) is 7.75. The van der Waals surface area contributed by atoms with Crippen LogP contribution in [0.2, 0.25) is 0 Å². The fourth-order valence-corrected chi connectivity index (χ4v) is 3.13. The van der Waals surface area contributed by atoms with Gasteiger partial charge in [-0.05, 0) is 43.9 Å². The zero-order valence-corrected chi connectivity index (χ0v) is 12.5. The third-order valence-electron chi connectivity index (χ3n) is 4.01. The van der Waals surface area contributed by atoms with E-state index in [1.807, 2.05) is 12.3 Å². The maximum absolute atomic E-state index is 12.1. The van der Waals surface area contributed by atoms with Crippen molar-refractivity contribution in [2.75, 3.05) is 19.8 Å². The molecule has 118 valence electrons. The van der Waals surface area contributed by atoms with Crippen molar-refractivity contribution < 1.29 is 13.5 Å². The van der Waals surface area contributed by atoms with E-state index < -0.39 is 13.0 Å². The Hall–Kier alpha value is -1.07. The van der Waals surface area contributed by atoms with Crippen molar-refractivity contribution in [3.63, 3.8) is 0 Å². The molecule has 0 amide bonds. The van der Waals surface area contributed by atoms with E-state index in [1.165, 1.54) is 11.3 Å². The summed E-state index contributed by atoms with van der Waals surface area (Å²) in [5.74, 6) is 0.352. The second kappa shape index (κ2) is 8.39. The van der Waals surface area contributed by atoms with Gasteiger partial charge in [0.1, 0.15) is 6.61 Å². The molecule has 0 spiro atoms. The second-order valence-electron chi connectivity index (χ2n) is 5.47. The molecule has 0 aromatic carbocycles. The minimum atomic E-state index is -2.39. The van der Waals surface area contributed by atoms with Crippen molar-refractivity contribution in [3.05, 3.63) is 29.6 Å². The van der Waals surface area contributed by atoms with Crippen LogP contribution in [-0.4, -0.2) is 37.2 Å². The summed E-state index contributed by atoms with van der Waals surface area (Å²) < 4.78 is 29.3. The zero-order valence-electron chi connectivity index (χ0n) is 12.5. The fourth-order valence-electron chi connectivity index (χ4n) is 3.13. The fraction of sp³-hybridized carbons (Fsp3) is 0.688. The molecule has 21 heavy (non-hydrogen) atoms.